The van der Waals surface area contributed by atoms with E-state index in [1.807, 2.05) is 25.2 Å². The number of rotatable bonds is 3. The molecule has 0 fully saturated rings. The maximum absolute atomic E-state index is 13.1. The summed E-state index contributed by atoms with van der Waals surface area (Å²) in [5.74, 6) is -0.190. The van der Waals surface area contributed by atoms with E-state index in [-0.39, 0.29) is 10.8 Å². The maximum atomic E-state index is 13.1. The quantitative estimate of drug-likeness (QED) is 0.756. The van der Waals surface area contributed by atoms with Gasteiger partial charge in [-0.3, -0.25) is 4.79 Å². The Morgan fingerprint density at radius 2 is 1.78 bits per heavy atom. The summed E-state index contributed by atoms with van der Waals surface area (Å²) >= 11 is 0. The Hall–Kier alpha value is -2.64. The summed E-state index contributed by atoms with van der Waals surface area (Å²) < 4.78 is 29.9. The van der Waals surface area contributed by atoms with E-state index in [0.29, 0.717) is 25.2 Å². The number of fused-ring (bicyclic) bond motifs is 3. The Kier molecular flexibility index (Phi) is 4.28. The molecule has 0 saturated carbocycles. The van der Waals surface area contributed by atoms with Gasteiger partial charge in [0.2, 0.25) is 15.9 Å². The van der Waals surface area contributed by atoms with Crippen LogP contribution in [-0.4, -0.2) is 29.7 Å². The number of sulfonamides is 1. The zero-order valence-corrected chi connectivity index (χ0v) is 16.1. The number of carbonyl (C=O) groups is 1. The standard InChI is InChI=1S/C20H21N3O3S/c1-14(24)21-15-7-9-16(10-8-15)27(25,26)23-12-11-20-18(13-23)17-5-3-4-6-19(17)22(20)2/h3-10H,11-13H2,1-2H3,(H,21,24). The molecular weight excluding hydrogens is 362 g/mol. The van der Waals surface area contributed by atoms with Crippen molar-refractivity contribution < 1.29 is 13.2 Å². The molecule has 140 valence electrons. The van der Waals surface area contributed by atoms with Crippen LogP contribution in [0.4, 0.5) is 5.69 Å². The molecule has 1 N–H and O–H groups in total. The van der Waals surface area contributed by atoms with Crippen LogP contribution >= 0.6 is 0 Å². The van der Waals surface area contributed by atoms with Crippen molar-refractivity contribution in [1.82, 2.24) is 8.87 Å². The summed E-state index contributed by atoms with van der Waals surface area (Å²) in [4.78, 5) is 11.4. The highest BCUT2D eigenvalue weighted by Crippen LogP contribution is 2.32. The lowest BCUT2D eigenvalue weighted by molar-refractivity contribution is -0.114. The van der Waals surface area contributed by atoms with Crippen molar-refractivity contribution in [2.75, 3.05) is 11.9 Å². The molecule has 6 nitrogen and oxygen atoms in total. The summed E-state index contributed by atoms with van der Waals surface area (Å²) in [5, 5.41) is 3.76. The van der Waals surface area contributed by atoms with Gasteiger partial charge in [-0.2, -0.15) is 4.31 Å². The molecule has 7 heteroatoms. The van der Waals surface area contributed by atoms with Crippen LogP contribution in [0.2, 0.25) is 0 Å². The smallest absolute Gasteiger partial charge is 0.243 e. The average molecular weight is 383 g/mol. The Balaban J connectivity index is 1.66. The van der Waals surface area contributed by atoms with Crippen molar-refractivity contribution in [3.63, 3.8) is 0 Å². The van der Waals surface area contributed by atoms with E-state index in [4.69, 9.17) is 0 Å². The highest BCUT2D eigenvalue weighted by Gasteiger charge is 2.31. The first-order valence-corrected chi connectivity index (χ1v) is 10.2. The number of benzene rings is 2. The normalized spacial score (nSPS) is 14.9. The van der Waals surface area contributed by atoms with E-state index >= 15 is 0 Å². The molecule has 0 radical (unpaired) electrons. The molecule has 0 spiro atoms. The molecule has 0 aliphatic carbocycles. The largest absolute Gasteiger partial charge is 0.347 e. The molecular formula is C20H21N3O3S. The second-order valence-electron chi connectivity index (χ2n) is 6.80. The lowest BCUT2D eigenvalue weighted by atomic mass is 10.1. The monoisotopic (exact) mass is 383 g/mol. The fraction of sp³-hybridized carbons (Fsp3) is 0.250. The molecule has 2 heterocycles. The fourth-order valence-electron chi connectivity index (χ4n) is 3.77. The first kappa shape index (κ1) is 17.8. The van der Waals surface area contributed by atoms with Crippen LogP contribution in [0, 0.1) is 0 Å². The topological polar surface area (TPSA) is 71.4 Å². The van der Waals surface area contributed by atoms with Gasteiger partial charge in [0.25, 0.3) is 0 Å². The third kappa shape index (κ3) is 3.02. The Morgan fingerprint density at radius 3 is 2.48 bits per heavy atom. The number of hydrogen-bond donors (Lipinski definition) is 1. The van der Waals surface area contributed by atoms with Gasteiger partial charge in [0.05, 0.1) is 4.90 Å². The van der Waals surface area contributed by atoms with Gasteiger partial charge in [-0.05, 0) is 35.9 Å². The van der Waals surface area contributed by atoms with Crippen molar-refractivity contribution in [2.24, 2.45) is 7.05 Å². The summed E-state index contributed by atoms with van der Waals surface area (Å²) in [6.07, 6.45) is 0.684. The van der Waals surface area contributed by atoms with Crippen LogP contribution in [0.1, 0.15) is 18.2 Å². The number of nitrogens with zero attached hydrogens (tertiary/aromatic N) is 2. The van der Waals surface area contributed by atoms with Crippen molar-refractivity contribution in [2.45, 2.75) is 24.8 Å². The van der Waals surface area contributed by atoms with E-state index < -0.39 is 10.0 Å². The van der Waals surface area contributed by atoms with Gasteiger partial charge in [0.1, 0.15) is 0 Å². The maximum Gasteiger partial charge on any atom is 0.243 e. The molecule has 1 aromatic heterocycles. The first-order chi connectivity index (χ1) is 12.9. The molecule has 0 atom stereocenters. The zero-order valence-electron chi connectivity index (χ0n) is 15.3. The van der Waals surface area contributed by atoms with Crippen molar-refractivity contribution in [3.8, 4) is 0 Å². The molecule has 3 aromatic rings. The van der Waals surface area contributed by atoms with Crippen molar-refractivity contribution in [1.29, 1.82) is 0 Å². The summed E-state index contributed by atoms with van der Waals surface area (Å²) in [5.41, 5.74) is 3.99. The van der Waals surface area contributed by atoms with Gasteiger partial charge in [-0.25, -0.2) is 8.42 Å². The molecule has 1 aliphatic heterocycles. The van der Waals surface area contributed by atoms with Crippen LogP contribution in [0.5, 0.6) is 0 Å². The number of para-hydroxylation sites is 1. The Bertz CT molecular complexity index is 1130. The molecule has 0 saturated heterocycles. The number of aromatic nitrogens is 1. The van der Waals surface area contributed by atoms with Crippen LogP contribution in [0.15, 0.2) is 53.4 Å². The van der Waals surface area contributed by atoms with Gasteiger partial charge >= 0.3 is 0 Å². The predicted octanol–water partition coefficient (Wildman–Crippen LogP) is 2.88. The lowest BCUT2D eigenvalue weighted by Gasteiger charge is -2.27. The first-order valence-electron chi connectivity index (χ1n) is 8.81. The minimum absolute atomic E-state index is 0.190. The van der Waals surface area contributed by atoms with Gasteiger partial charge in [0, 0.05) is 55.8 Å². The minimum Gasteiger partial charge on any atom is -0.347 e. The Labute approximate surface area is 158 Å². The van der Waals surface area contributed by atoms with Crippen LogP contribution in [0.25, 0.3) is 10.9 Å². The van der Waals surface area contributed by atoms with Crippen LogP contribution < -0.4 is 5.32 Å². The van der Waals surface area contributed by atoms with E-state index in [0.717, 1.165) is 16.5 Å². The SMILES string of the molecule is CC(=O)Nc1ccc(S(=O)(=O)N2CCc3c(c4ccccc4n3C)C2)cc1. The molecule has 27 heavy (non-hydrogen) atoms. The Morgan fingerprint density at radius 1 is 1.07 bits per heavy atom. The second-order valence-corrected chi connectivity index (χ2v) is 8.73. The fourth-order valence-corrected chi connectivity index (χ4v) is 5.18. The number of amides is 1. The molecule has 0 unspecified atom stereocenters. The minimum atomic E-state index is -3.60. The zero-order chi connectivity index (χ0) is 19.2. The predicted molar refractivity (Wildman–Crippen MR) is 105 cm³/mol. The van der Waals surface area contributed by atoms with E-state index in [1.165, 1.54) is 16.9 Å². The van der Waals surface area contributed by atoms with E-state index in [1.54, 1.807) is 24.3 Å². The van der Waals surface area contributed by atoms with Crippen molar-refractivity contribution in [3.05, 3.63) is 59.8 Å². The lowest BCUT2D eigenvalue weighted by Crippen LogP contribution is -2.36. The second kappa shape index (κ2) is 6.51. The molecule has 1 amide bonds. The highest BCUT2D eigenvalue weighted by molar-refractivity contribution is 7.89. The molecule has 0 bridgehead atoms. The van der Waals surface area contributed by atoms with Crippen LogP contribution in [-0.2, 0) is 34.8 Å². The summed E-state index contributed by atoms with van der Waals surface area (Å²) in [6.45, 7) is 2.24. The molecule has 2 aromatic carbocycles. The highest BCUT2D eigenvalue weighted by atomic mass is 32.2. The van der Waals surface area contributed by atoms with Crippen LogP contribution in [0.3, 0.4) is 0 Å². The number of anilines is 1. The van der Waals surface area contributed by atoms with Gasteiger partial charge < -0.3 is 9.88 Å². The molecule has 1 aliphatic rings. The number of aryl methyl sites for hydroxylation is 1. The third-order valence-corrected chi connectivity index (χ3v) is 6.95. The van der Waals surface area contributed by atoms with E-state index in [9.17, 15) is 13.2 Å². The molecule has 4 rings (SSSR count). The summed E-state index contributed by atoms with van der Waals surface area (Å²) in [6, 6.07) is 14.4. The number of hydrogen-bond acceptors (Lipinski definition) is 3. The van der Waals surface area contributed by atoms with Gasteiger partial charge in [0.15, 0.2) is 0 Å². The number of carbonyl (C=O) groups excluding carboxylic acids is 1. The van der Waals surface area contributed by atoms with E-state index in [2.05, 4.69) is 16.0 Å². The van der Waals surface area contributed by atoms with Crippen molar-refractivity contribution >= 4 is 32.5 Å². The average Bonchev–Trinajstić information content (AvgIpc) is 2.94. The van der Waals surface area contributed by atoms with Gasteiger partial charge in [-0.15, -0.1) is 0 Å². The third-order valence-electron chi connectivity index (χ3n) is 5.09. The summed E-state index contributed by atoms with van der Waals surface area (Å²) in [7, 11) is -1.56. The van der Waals surface area contributed by atoms with Gasteiger partial charge in [-0.1, -0.05) is 18.2 Å². The number of nitrogens with one attached hydrogen (secondary N) is 1.